The summed E-state index contributed by atoms with van der Waals surface area (Å²) >= 11 is 0. The second kappa shape index (κ2) is 9.37. The largest absolute Gasteiger partial charge is 0.396 e. The van der Waals surface area contributed by atoms with Crippen molar-refractivity contribution in [1.82, 2.24) is 14.9 Å². The number of rotatable bonds is 7. The lowest BCUT2D eigenvalue weighted by atomic mass is 10.1. The number of aliphatic hydroxyl groups is 1. The highest BCUT2D eigenvalue weighted by Crippen LogP contribution is 2.44. The number of nitrogens with zero attached hydrogens (tertiary/aromatic N) is 5. The zero-order valence-electron chi connectivity index (χ0n) is 18.3. The van der Waals surface area contributed by atoms with Crippen LogP contribution < -0.4 is 10.2 Å². The Kier molecular flexibility index (Phi) is 6.37. The standard InChI is InChI=1S/C24H28N6O2/c1-3-19-6-7-20(14-26-19)27-21-12-18(13-25)24(28-23(21)17-4-5-17)29-9-10-30(16(2)15-29)22(32)8-11-31/h3,6-7,12,14,16-17,27,31H,1,4-5,8-11,15H2,2H3/t16-/m1/s1. The molecule has 2 N–H and O–H groups in total. The van der Waals surface area contributed by atoms with Gasteiger partial charge in [0.05, 0.1) is 41.1 Å². The number of amides is 1. The molecule has 0 bridgehead atoms. The fourth-order valence-corrected chi connectivity index (χ4v) is 4.12. The first-order valence-electron chi connectivity index (χ1n) is 11.0. The lowest BCUT2D eigenvalue weighted by Crippen LogP contribution is -2.54. The molecule has 1 saturated heterocycles. The summed E-state index contributed by atoms with van der Waals surface area (Å²) in [5.41, 5.74) is 3.95. The summed E-state index contributed by atoms with van der Waals surface area (Å²) in [4.78, 5) is 25.4. The van der Waals surface area contributed by atoms with E-state index in [-0.39, 0.29) is 25.0 Å². The van der Waals surface area contributed by atoms with Gasteiger partial charge in [0, 0.05) is 38.0 Å². The van der Waals surface area contributed by atoms with Gasteiger partial charge in [0.15, 0.2) is 0 Å². The number of pyridine rings is 2. The Morgan fingerprint density at radius 3 is 2.81 bits per heavy atom. The Hall–Kier alpha value is -3.44. The molecule has 4 rings (SSSR count). The maximum Gasteiger partial charge on any atom is 0.225 e. The molecule has 0 unspecified atom stereocenters. The van der Waals surface area contributed by atoms with E-state index in [2.05, 4.69) is 27.8 Å². The number of hydrogen-bond donors (Lipinski definition) is 2. The summed E-state index contributed by atoms with van der Waals surface area (Å²) in [6.07, 6.45) is 5.75. The molecule has 3 heterocycles. The molecule has 1 aliphatic carbocycles. The van der Waals surface area contributed by atoms with E-state index in [0.717, 1.165) is 35.6 Å². The number of nitrogens with one attached hydrogen (secondary N) is 1. The summed E-state index contributed by atoms with van der Waals surface area (Å²) in [5, 5.41) is 22.3. The van der Waals surface area contributed by atoms with Gasteiger partial charge in [0.2, 0.25) is 5.91 Å². The van der Waals surface area contributed by atoms with Gasteiger partial charge in [0.1, 0.15) is 11.9 Å². The van der Waals surface area contributed by atoms with Crippen LogP contribution in [0.2, 0.25) is 0 Å². The number of aromatic nitrogens is 2. The van der Waals surface area contributed by atoms with Crippen molar-refractivity contribution in [3.63, 3.8) is 0 Å². The number of anilines is 3. The monoisotopic (exact) mass is 432 g/mol. The summed E-state index contributed by atoms with van der Waals surface area (Å²) in [6.45, 7) is 7.33. The van der Waals surface area contributed by atoms with Crippen molar-refractivity contribution in [3.8, 4) is 6.07 Å². The molecule has 1 aliphatic heterocycles. The number of carbonyl (C=O) groups is 1. The van der Waals surface area contributed by atoms with E-state index in [1.54, 1.807) is 17.2 Å². The van der Waals surface area contributed by atoms with E-state index in [4.69, 9.17) is 10.1 Å². The van der Waals surface area contributed by atoms with Crippen LogP contribution >= 0.6 is 0 Å². The third kappa shape index (κ3) is 4.58. The minimum atomic E-state index is -0.142. The first-order valence-corrected chi connectivity index (χ1v) is 11.0. The molecule has 1 atom stereocenters. The highest BCUT2D eigenvalue weighted by atomic mass is 16.3. The number of hydrogen-bond acceptors (Lipinski definition) is 7. The Morgan fingerprint density at radius 1 is 1.41 bits per heavy atom. The smallest absolute Gasteiger partial charge is 0.225 e. The van der Waals surface area contributed by atoms with Crippen molar-refractivity contribution in [2.45, 2.75) is 38.1 Å². The lowest BCUT2D eigenvalue weighted by Gasteiger charge is -2.40. The fourth-order valence-electron chi connectivity index (χ4n) is 4.12. The Balaban J connectivity index is 1.60. The van der Waals surface area contributed by atoms with Gasteiger partial charge in [-0.3, -0.25) is 9.78 Å². The second-order valence-electron chi connectivity index (χ2n) is 8.34. The average molecular weight is 433 g/mol. The van der Waals surface area contributed by atoms with E-state index in [0.29, 0.717) is 36.9 Å². The first kappa shape index (κ1) is 21.8. The normalized spacial score (nSPS) is 18.2. The molecule has 0 aromatic carbocycles. The van der Waals surface area contributed by atoms with E-state index in [9.17, 15) is 10.1 Å². The number of carbonyl (C=O) groups excluding carboxylic acids is 1. The van der Waals surface area contributed by atoms with Crippen LogP contribution in [0.1, 0.15) is 49.1 Å². The molecule has 2 aliphatic rings. The van der Waals surface area contributed by atoms with Gasteiger partial charge in [-0.25, -0.2) is 4.98 Å². The van der Waals surface area contributed by atoms with Gasteiger partial charge in [-0.1, -0.05) is 6.58 Å². The Bertz CT molecular complexity index is 1040. The lowest BCUT2D eigenvalue weighted by molar-refractivity contribution is -0.134. The first-order chi connectivity index (χ1) is 15.5. The SMILES string of the molecule is C=Cc1ccc(Nc2cc(C#N)c(N3CCN(C(=O)CCO)[C@H](C)C3)nc2C2CC2)cn1. The van der Waals surface area contributed by atoms with Crippen LogP contribution in [-0.4, -0.2) is 58.2 Å². The molecule has 2 fully saturated rings. The molecule has 8 heteroatoms. The van der Waals surface area contributed by atoms with Gasteiger partial charge in [-0.05, 0) is 44.0 Å². The van der Waals surface area contributed by atoms with Crippen molar-refractivity contribution < 1.29 is 9.90 Å². The van der Waals surface area contributed by atoms with Gasteiger partial charge in [-0.15, -0.1) is 0 Å². The molecule has 8 nitrogen and oxygen atoms in total. The predicted octanol–water partition coefficient (Wildman–Crippen LogP) is 3.03. The molecule has 2 aromatic rings. The van der Waals surface area contributed by atoms with E-state index < -0.39 is 0 Å². The minimum absolute atomic E-state index is 0.0206. The third-order valence-electron chi connectivity index (χ3n) is 5.96. The quantitative estimate of drug-likeness (QED) is 0.693. The van der Waals surface area contributed by atoms with Gasteiger partial charge < -0.3 is 20.2 Å². The van der Waals surface area contributed by atoms with Crippen molar-refractivity contribution in [1.29, 1.82) is 5.26 Å². The summed E-state index contributed by atoms with van der Waals surface area (Å²) in [6, 6.07) is 7.99. The van der Waals surface area contributed by atoms with Crippen molar-refractivity contribution in [3.05, 3.63) is 47.9 Å². The zero-order valence-corrected chi connectivity index (χ0v) is 18.3. The van der Waals surface area contributed by atoms with Crippen LogP contribution in [-0.2, 0) is 4.79 Å². The molecule has 166 valence electrons. The number of aliphatic hydroxyl groups excluding tert-OH is 1. The number of piperazine rings is 1. The van der Waals surface area contributed by atoms with Crippen LogP contribution in [0.4, 0.5) is 17.2 Å². The van der Waals surface area contributed by atoms with Crippen LogP contribution in [0, 0.1) is 11.3 Å². The van der Waals surface area contributed by atoms with Gasteiger partial charge in [0.25, 0.3) is 0 Å². The molecular formula is C24H28N6O2. The highest BCUT2D eigenvalue weighted by Gasteiger charge is 2.32. The Morgan fingerprint density at radius 2 is 2.22 bits per heavy atom. The summed E-state index contributed by atoms with van der Waals surface area (Å²) in [7, 11) is 0. The maximum absolute atomic E-state index is 12.2. The molecule has 0 spiro atoms. The molecule has 1 amide bonds. The topological polar surface area (TPSA) is 105 Å². The predicted molar refractivity (Wildman–Crippen MR) is 124 cm³/mol. The van der Waals surface area contributed by atoms with Crippen LogP contribution in [0.5, 0.6) is 0 Å². The van der Waals surface area contributed by atoms with E-state index >= 15 is 0 Å². The molecule has 32 heavy (non-hydrogen) atoms. The minimum Gasteiger partial charge on any atom is -0.396 e. The highest BCUT2D eigenvalue weighted by molar-refractivity contribution is 5.77. The van der Waals surface area contributed by atoms with Crippen LogP contribution in [0.15, 0.2) is 31.0 Å². The maximum atomic E-state index is 12.2. The van der Waals surface area contributed by atoms with Crippen LogP contribution in [0.25, 0.3) is 6.08 Å². The Labute approximate surface area is 188 Å². The molecular weight excluding hydrogens is 404 g/mol. The van der Waals surface area contributed by atoms with Crippen molar-refractivity contribution >= 4 is 29.2 Å². The van der Waals surface area contributed by atoms with Gasteiger partial charge in [-0.2, -0.15) is 5.26 Å². The van der Waals surface area contributed by atoms with Crippen molar-refractivity contribution in [2.75, 3.05) is 36.5 Å². The molecule has 1 saturated carbocycles. The molecule has 2 aromatic heterocycles. The number of nitriles is 1. The van der Waals surface area contributed by atoms with Gasteiger partial charge >= 0.3 is 0 Å². The average Bonchev–Trinajstić information content (AvgIpc) is 3.64. The third-order valence-corrected chi connectivity index (χ3v) is 5.96. The second-order valence-corrected chi connectivity index (χ2v) is 8.34. The zero-order chi connectivity index (χ0) is 22.7. The van der Waals surface area contributed by atoms with E-state index in [1.165, 1.54) is 0 Å². The van der Waals surface area contributed by atoms with E-state index in [1.807, 2.05) is 25.1 Å². The fraction of sp³-hybridized carbons (Fsp3) is 0.417. The van der Waals surface area contributed by atoms with Crippen molar-refractivity contribution in [2.24, 2.45) is 0 Å². The molecule has 0 radical (unpaired) electrons. The van der Waals surface area contributed by atoms with Crippen LogP contribution in [0.3, 0.4) is 0 Å². The summed E-state index contributed by atoms with van der Waals surface area (Å²) in [5.74, 6) is 1.03. The summed E-state index contributed by atoms with van der Waals surface area (Å²) < 4.78 is 0.